The van der Waals surface area contributed by atoms with E-state index in [2.05, 4.69) is 29.8 Å². The molecule has 1 aromatic heterocycles. The van der Waals surface area contributed by atoms with Gasteiger partial charge < -0.3 is 14.6 Å². The zero-order chi connectivity index (χ0) is 19.2. The summed E-state index contributed by atoms with van der Waals surface area (Å²) in [6.45, 7) is 7.26. The number of hydrogen-bond donors (Lipinski definition) is 1. The summed E-state index contributed by atoms with van der Waals surface area (Å²) in [5.41, 5.74) is 2.06. The highest BCUT2D eigenvalue weighted by Crippen LogP contribution is 2.23. The third kappa shape index (κ3) is 4.67. The van der Waals surface area contributed by atoms with Crippen molar-refractivity contribution in [1.82, 2.24) is 14.9 Å². The lowest BCUT2D eigenvalue weighted by atomic mass is 10.1. The fourth-order valence-corrected chi connectivity index (χ4v) is 3.07. The Bertz CT molecular complexity index is 889. The zero-order valence-electron chi connectivity index (χ0n) is 16.2. The molecule has 1 heterocycles. The summed E-state index contributed by atoms with van der Waals surface area (Å²) in [6.07, 6.45) is 1.09. The van der Waals surface area contributed by atoms with Gasteiger partial charge in [0.25, 0.3) is 5.91 Å². The van der Waals surface area contributed by atoms with Crippen molar-refractivity contribution in [2.24, 2.45) is 5.92 Å². The minimum absolute atomic E-state index is 0.0139. The molecule has 3 aromatic rings. The number of rotatable bonds is 8. The largest absolute Gasteiger partial charge is 0.484 e. The van der Waals surface area contributed by atoms with Crippen LogP contribution in [-0.2, 0) is 11.3 Å². The molecule has 0 bridgehead atoms. The number of carbonyl (C=O) groups is 1. The van der Waals surface area contributed by atoms with Gasteiger partial charge in [-0.2, -0.15) is 0 Å². The van der Waals surface area contributed by atoms with E-state index in [1.807, 2.05) is 55.5 Å². The van der Waals surface area contributed by atoms with Crippen LogP contribution < -0.4 is 10.1 Å². The lowest BCUT2D eigenvalue weighted by Gasteiger charge is -2.18. The number of hydrogen-bond acceptors (Lipinski definition) is 3. The van der Waals surface area contributed by atoms with Crippen molar-refractivity contribution in [1.29, 1.82) is 0 Å². The summed E-state index contributed by atoms with van der Waals surface area (Å²) in [6, 6.07) is 17.3. The molecule has 0 aliphatic rings. The van der Waals surface area contributed by atoms with E-state index in [1.165, 1.54) is 0 Å². The Kier molecular flexibility index (Phi) is 6.12. The highest BCUT2D eigenvalue weighted by atomic mass is 16.5. The van der Waals surface area contributed by atoms with Crippen LogP contribution in [0, 0.1) is 5.92 Å². The predicted molar refractivity (Wildman–Crippen MR) is 108 cm³/mol. The number of para-hydroxylation sites is 3. The van der Waals surface area contributed by atoms with E-state index >= 15 is 0 Å². The van der Waals surface area contributed by atoms with Gasteiger partial charge in [0, 0.05) is 6.54 Å². The molecule has 0 radical (unpaired) electrons. The van der Waals surface area contributed by atoms with Crippen LogP contribution in [0.2, 0.25) is 0 Å². The molecule has 0 fully saturated rings. The van der Waals surface area contributed by atoms with Gasteiger partial charge in [-0.25, -0.2) is 4.98 Å². The Morgan fingerprint density at radius 2 is 1.81 bits per heavy atom. The summed E-state index contributed by atoms with van der Waals surface area (Å²) in [4.78, 5) is 17.1. The summed E-state index contributed by atoms with van der Waals surface area (Å²) in [5, 5.41) is 3.01. The third-order valence-corrected chi connectivity index (χ3v) is 4.75. The maximum Gasteiger partial charge on any atom is 0.258 e. The molecule has 0 saturated carbocycles. The Hall–Kier alpha value is -2.82. The van der Waals surface area contributed by atoms with E-state index in [9.17, 15) is 4.79 Å². The average molecular weight is 365 g/mol. The SMILES string of the molecule is CCC(C)Cn1c(C(C)NC(=O)COc2ccccc2)nc2ccccc21. The second-order valence-electron chi connectivity index (χ2n) is 6.97. The first kappa shape index (κ1) is 19.0. The number of imidazole rings is 1. The van der Waals surface area contributed by atoms with E-state index in [0.717, 1.165) is 29.8 Å². The molecule has 1 N–H and O–H groups in total. The van der Waals surface area contributed by atoms with Crippen LogP contribution in [0.5, 0.6) is 5.75 Å². The van der Waals surface area contributed by atoms with Crippen molar-refractivity contribution < 1.29 is 9.53 Å². The number of nitrogens with zero attached hydrogens (tertiary/aromatic N) is 2. The van der Waals surface area contributed by atoms with Crippen LogP contribution in [0.3, 0.4) is 0 Å². The summed E-state index contributed by atoms with van der Waals surface area (Å²) < 4.78 is 7.77. The van der Waals surface area contributed by atoms with Crippen molar-refractivity contribution in [3.63, 3.8) is 0 Å². The molecule has 1 amide bonds. The smallest absolute Gasteiger partial charge is 0.258 e. The molecule has 0 aliphatic carbocycles. The van der Waals surface area contributed by atoms with Gasteiger partial charge in [-0.05, 0) is 37.1 Å². The van der Waals surface area contributed by atoms with E-state index < -0.39 is 0 Å². The van der Waals surface area contributed by atoms with Gasteiger partial charge in [0.05, 0.1) is 17.1 Å². The van der Waals surface area contributed by atoms with Gasteiger partial charge in [0.15, 0.2) is 6.61 Å². The monoisotopic (exact) mass is 365 g/mol. The van der Waals surface area contributed by atoms with Gasteiger partial charge in [0.2, 0.25) is 0 Å². The second kappa shape index (κ2) is 8.71. The van der Waals surface area contributed by atoms with Crippen LogP contribution in [-0.4, -0.2) is 22.1 Å². The Labute approximate surface area is 160 Å². The summed E-state index contributed by atoms with van der Waals surface area (Å²) in [7, 11) is 0. The first-order chi connectivity index (χ1) is 13.1. The van der Waals surface area contributed by atoms with Crippen LogP contribution in [0.15, 0.2) is 54.6 Å². The maximum absolute atomic E-state index is 12.3. The fourth-order valence-electron chi connectivity index (χ4n) is 3.07. The normalized spacial score (nSPS) is 13.3. The van der Waals surface area contributed by atoms with E-state index in [1.54, 1.807) is 0 Å². The molecular weight excluding hydrogens is 338 g/mol. The molecule has 5 heteroatoms. The average Bonchev–Trinajstić information content (AvgIpc) is 3.06. The summed E-state index contributed by atoms with van der Waals surface area (Å²) in [5.74, 6) is 1.94. The minimum atomic E-state index is -0.201. The lowest BCUT2D eigenvalue weighted by Crippen LogP contribution is -2.33. The van der Waals surface area contributed by atoms with Gasteiger partial charge >= 0.3 is 0 Å². The molecule has 2 aromatic carbocycles. The standard InChI is InChI=1S/C22H27N3O2/c1-4-16(2)14-25-20-13-9-8-12-19(20)24-22(25)17(3)23-21(26)15-27-18-10-6-5-7-11-18/h5-13,16-17H,4,14-15H2,1-3H3,(H,23,26). The van der Waals surface area contributed by atoms with Gasteiger partial charge in [-0.15, -0.1) is 0 Å². The van der Waals surface area contributed by atoms with Gasteiger partial charge in [-0.3, -0.25) is 4.79 Å². The first-order valence-corrected chi connectivity index (χ1v) is 9.50. The number of carbonyl (C=O) groups excluding carboxylic acids is 1. The van der Waals surface area contributed by atoms with E-state index in [0.29, 0.717) is 11.7 Å². The van der Waals surface area contributed by atoms with E-state index in [-0.39, 0.29) is 18.6 Å². The lowest BCUT2D eigenvalue weighted by molar-refractivity contribution is -0.123. The van der Waals surface area contributed by atoms with Crippen molar-refractivity contribution in [2.45, 2.75) is 39.8 Å². The third-order valence-electron chi connectivity index (χ3n) is 4.75. The zero-order valence-corrected chi connectivity index (χ0v) is 16.2. The Morgan fingerprint density at radius 1 is 1.11 bits per heavy atom. The molecule has 142 valence electrons. The number of amides is 1. The molecule has 5 nitrogen and oxygen atoms in total. The molecular formula is C22H27N3O2. The molecule has 0 spiro atoms. The Morgan fingerprint density at radius 3 is 2.56 bits per heavy atom. The maximum atomic E-state index is 12.3. The highest BCUT2D eigenvalue weighted by molar-refractivity contribution is 5.79. The van der Waals surface area contributed by atoms with Gasteiger partial charge in [-0.1, -0.05) is 50.6 Å². The topological polar surface area (TPSA) is 56.2 Å². The first-order valence-electron chi connectivity index (χ1n) is 9.50. The number of nitrogens with one attached hydrogen (secondary N) is 1. The van der Waals surface area contributed by atoms with Gasteiger partial charge in [0.1, 0.15) is 11.6 Å². The number of ether oxygens (including phenoxy) is 1. The van der Waals surface area contributed by atoms with Crippen molar-refractivity contribution in [3.05, 3.63) is 60.4 Å². The number of aromatic nitrogens is 2. The van der Waals surface area contributed by atoms with E-state index in [4.69, 9.17) is 9.72 Å². The number of fused-ring (bicyclic) bond motifs is 1. The van der Waals surface area contributed by atoms with Crippen LogP contribution >= 0.6 is 0 Å². The minimum Gasteiger partial charge on any atom is -0.484 e. The summed E-state index contributed by atoms with van der Waals surface area (Å²) >= 11 is 0. The molecule has 27 heavy (non-hydrogen) atoms. The fraction of sp³-hybridized carbons (Fsp3) is 0.364. The van der Waals surface area contributed by atoms with Crippen LogP contribution in [0.25, 0.3) is 11.0 Å². The Balaban J connectivity index is 1.73. The molecule has 3 rings (SSSR count). The van der Waals surface area contributed by atoms with Crippen LogP contribution in [0.1, 0.15) is 39.1 Å². The quantitative estimate of drug-likeness (QED) is 0.646. The molecule has 0 aliphatic heterocycles. The van der Waals surface area contributed by atoms with Crippen molar-refractivity contribution in [3.8, 4) is 5.75 Å². The molecule has 0 saturated heterocycles. The predicted octanol–water partition coefficient (Wildman–Crippen LogP) is 4.34. The van der Waals surface area contributed by atoms with Crippen LogP contribution in [0.4, 0.5) is 0 Å². The molecule has 2 atom stereocenters. The molecule has 2 unspecified atom stereocenters. The van der Waals surface area contributed by atoms with Crippen molar-refractivity contribution in [2.75, 3.05) is 6.61 Å². The highest BCUT2D eigenvalue weighted by Gasteiger charge is 2.19. The number of benzene rings is 2. The second-order valence-corrected chi connectivity index (χ2v) is 6.97. The van der Waals surface area contributed by atoms with Crippen molar-refractivity contribution >= 4 is 16.9 Å².